The van der Waals surface area contributed by atoms with Crippen LogP contribution in [0, 0.1) is 6.92 Å². The number of halogens is 3. The Kier molecular flexibility index (Phi) is 5.85. The molecule has 1 heterocycles. The van der Waals surface area contributed by atoms with Gasteiger partial charge in [0.2, 0.25) is 0 Å². The summed E-state index contributed by atoms with van der Waals surface area (Å²) in [7, 11) is 0. The lowest BCUT2D eigenvalue weighted by Crippen LogP contribution is -2.35. The van der Waals surface area contributed by atoms with Gasteiger partial charge in [0.1, 0.15) is 0 Å². The number of nitrogens with zero attached hydrogens (tertiary/aromatic N) is 2. The molecule has 0 aromatic heterocycles. The largest absolute Gasteiger partial charge is 0.416 e. The van der Waals surface area contributed by atoms with Crippen molar-refractivity contribution in [3.05, 3.63) is 70.8 Å². The highest BCUT2D eigenvalue weighted by atomic mass is 19.4. The summed E-state index contributed by atoms with van der Waals surface area (Å²) in [6.45, 7) is 5.41. The second-order valence-electron chi connectivity index (χ2n) is 6.98. The van der Waals surface area contributed by atoms with Crippen LogP contribution in [0.4, 0.5) is 13.2 Å². The Morgan fingerprint density at radius 1 is 0.926 bits per heavy atom. The highest BCUT2D eigenvalue weighted by Gasteiger charge is 2.30. The average molecular weight is 376 g/mol. The van der Waals surface area contributed by atoms with Crippen molar-refractivity contribution >= 4 is 5.91 Å². The SMILES string of the molecule is Cc1ccc(C(=O)N2CCCN(Cc3ccc(C(F)(F)F)cc3)CC2)cc1. The average Bonchev–Trinajstić information content (AvgIpc) is 2.87. The van der Waals surface area contributed by atoms with Crippen LogP contribution in [0.2, 0.25) is 0 Å². The van der Waals surface area contributed by atoms with Crippen molar-refractivity contribution in [2.24, 2.45) is 0 Å². The summed E-state index contributed by atoms with van der Waals surface area (Å²) in [5, 5.41) is 0. The van der Waals surface area contributed by atoms with Crippen LogP contribution in [0.5, 0.6) is 0 Å². The van der Waals surface area contributed by atoms with E-state index in [4.69, 9.17) is 0 Å². The normalized spacial score (nSPS) is 16.2. The Bertz CT molecular complexity index is 770. The fraction of sp³-hybridized carbons (Fsp3) is 0.381. The van der Waals surface area contributed by atoms with Gasteiger partial charge in [-0.1, -0.05) is 29.8 Å². The van der Waals surface area contributed by atoms with Crippen molar-refractivity contribution < 1.29 is 18.0 Å². The Morgan fingerprint density at radius 3 is 2.22 bits per heavy atom. The van der Waals surface area contributed by atoms with Crippen LogP contribution < -0.4 is 0 Å². The fourth-order valence-electron chi connectivity index (χ4n) is 3.27. The lowest BCUT2D eigenvalue weighted by molar-refractivity contribution is -0.137. The molecule has 144 valence electrons. The van der Waals surface area contributed by atoms with Gasteiger partial charge < -0.3 is 4.90 Å². The highest BCUT2D eigenvalue weighted by Crippen LogP contribution is 2.29. The van der Waals surface area contributed by atoms with Crippen LogP contribution in [0.1, 0.15) is 33.5 Å². The molecular weight excluding hydrogens is 353 g/mol. The van der Waals surface area contributed by atoms with Gasteiger partial charge in [-0.25, -0.2) is 0 Å². The van der Waals surface area contributed by atoms with Gasteiger partial charge in [0.25, 0.3) is 5.91 Å². The Balaban J connectivity index is 1.58. The molecule has 0 atom stereocenters. The van der Waals surface area contributed by atoms with Crippen molar-refractivity contribution in [1.29, 1.82) is 0 Å². The molecule has 2 aromatic rings. The number of carbonyl (C=O) groups is 1. The van der Waals surface area contributed by atoms with E-state index in [-0.39, 0.29) is 5.91 Å². The third-order valence-electron chi connectivity index (χ3n) is 4.86. The maximum atomic E-state index is 12.7. The van der Waals surface area contributed by atoms with E-state index in [1.165, 1.54) is 12.1 Å². The molecule has 3 rings (SSSR count). The predicted molar refractivity (Wildman–Crippen MR) is 98.4 cm³/mol. The molecule has 1 saturated heterocycles. The lowest BCUT2D eigenvalue weighted by Gasteiger charge is -2.22. The minimum Gasteiger partial charge on any atom is -0.337 e. The van der Waals surface area contributed by atoms with Crippen LogP contribution in [0.25, 0.3) is 0 Å². The van der Waals surface area contributed by atoms with Gasteiger partial charge in [0, 0.05) is 38.3 Å². The van der Waals surface area contributed by atoms with E-state index in [1.807, 2.05) is 36.1 Å². The number of hydrogen-bond acceptors (Lipinski definition) is 2. The topological polar surface area (TPSA) is 23.6 Å². The van der Waals surface area contributed by atoms with Crippen molar-refractivity contribution in [2.75, 3.05) is 26.2 Å². The summed E-state index contributed by atoms with van der Waals surface area (Å²) in [4.78, 5) is 16.7. The number of carbonyl (C=O) groups excluding carboxylic acids is 1. The van der Waals surface area contributed by atoms with Crippen molar-refractivity contribution in [2.45, 2.75) is 26.1 Å². The minimum absolute atomic E-state index is 0.0337. The Morgan fingerprint density at radius 2 is 1.59 bits per heavy atom. The zero-order valence-electron chi connectivity index (χ0n) is 15.3. The Labute approximate surface area is 157 Å². The van der Waals surface area contributed by atoms with Crippen molar-refractivity contribution in [3.63, 3.8) is 0 Å². The van der Waals surface area contributed by atoms with Crippen molar-refractivity contribution in [1.82, 2.24) is 9.80 Å². The van der Waals surface area contributed by atoms with Crippen LogP contribution in [0.15, 0.2) is 48.5 Å². The molecule has 6 heteroatoms. The van der Waals surface area contributed by atoms with Crippen molar-refractivity contribution in [3.8, 4) is 0 Å². The third-order valence-corrected chi connectivity index (χ3v) is 4.86. The first-order valence-corrected chi connectivity index (χ1v) is 9.07. The molecule has 27 heavy (non-hydrogen) atoms. The van der Waals surface area contributed by atoms with Crippen LogP contribution in [-0.4, -0.2) is 41.9 Å². The minimum atomic E-state index is -4.31. The van der Waals surface area contributed by atoms with Gasteiger partial charge >= 0.3 is 6.18 Å². The number of aryl methyl sites for hydroxylation is 1. The summed E-state index contributed by atoms with van der Waals surface area (Å²) in [6.07, 6.45) is -3.46. The number of amides is 1. The monoisotopic (exact) mass is 376 g/mol. The van der Waals surface area contributed by atoms with E-state index >= 15 is 0 Å². The van der Waals surface area contributed by atoms with Gasteiger partial charge in [-0.3, -0.25) is 9.69 Å². The zero-order chi connectivity index (χ0) is 19.4. The third kappa shape index (κ3) is 5.10. The molecule has 0 bridgehead atoms. The molecular formula is C21H23F3N2O. The summed E-state index contributed by atoms with van der Waals surface area (Å²) >= 11 is 0. The first kappa shape index (κ1) is 19.4. The van der Waals surface area contributed by atoms with E-state index in [0.29, 0.717) is 31.7 Å². The summed E-state index contributed by atoms with van der Waals surface area (Å²) < 4.78 is 38.0. The first-order chi connectivity index (χ1) is 12.8. The summed E-state index contributed by atoms with van der Waals surface area (Å²) in [6, 6.07) is 12.9. The van der Waals surface area contributed by atoms with Gasteiger partial charge in [0.15, 0.2) is 0 Å². The second-order valence-corrected chi connectivity index (χ2v) is 6.98. The number of alkyl halides is 3. The molecule has 1 amide bonds. The van der Waals surface area contributed by atoms with E-state index in [9.17, 15) is 18.0 Å². The van der Waals surface area contributed by atoms with Gasteiger partial charge in [0.05, 0.1) is 5.56 Å². The smallest absolute Gasteiger partial charge is 0.337 e. The molecule has 1 aliphatic heterocycles. The fourth-order valence-corrected chi connectivity index (χ4v) is 3.27. The molecule has 0 spiro atoms. The maximum absolute atomic E-state index is 12.7. The molecule has 0 N–H and O–H groups in total. The number of hydrogen-bond donors (Lipinski definition) is 0. The molecule has 0 unspecified atom stereocenters. The van der Waals surface area contributed by atoms with Crippen LogP contribution >= 0.6 is 0 Å². The molecule has 3 nitrogen and oxygen atoms in total. The number of benzene rings is 2. The van der Waals surface area contributed by atoms with Crippen LogP contribution in [-0.2, 0) is 12.7 Å². The van der Waals surface area contributed by atoms with Gasteiger partial charge in [-0.05, 0) is 43.2 Å². The molecule has 0 saturated carbocycles. The van der Waals surface area contributed by atoms with Crippen LogP contribution in [0.3, 0.4) is 0 Å². The molecule has 0 aliphatic carbocycles. The highest BCUT2D eigenvalue weighted by molar-refractivity contribution is 5.94. The maximum Gasteiger partial charge on any atom is 0.416 e. The quantitative estimate of drug-likeness (QED) is 0.795. The zero-order valence-corrected chi connectivity index (χ0v) is 15.3. The van der Waals surface area contributed by atoms with Gasteiger partial charge in [-0.15, -0.1) is 0 Å². The van der Waals surface area contributed by atoms with E-state index in [0.717, 1.165) is 36.2 Å². The van der Waals surface area contributed by atoms with Gasteiger partial charge in [-0.2, -0.15) is 13.2 Å². The van der Waals surface area contributed by atoms with E-state index in [2.05, 4.69) is 4.90 Å². The lowest BCUT2D eigenvalue weighted by atomic mass is 10.1. The van der Waals surface area contributed by atoms with E-state index in [1.54, 1.807) is 0 Å². The molecule has 1 fully saturated rings. The molecule has 1 aliphatic rings. The standard InChI is InChI=1S/C21H23F3N2O/c1-16-3-7-18(8-4-16)20(27)26-12-2-11-25(13-14-26)15-17-5-9-19(10-6-17)21(22,23)24/h3-10H,2,11-15H2,1H3. The molecule has 2 aromatic carbocycles. The first-order valence-electron chi connectivity index (χ1n) is 9.07. The second kappa shape index (κ2) is 8.13. The molecule has 0 radical (unpaired) electrons. The van der Waals surface area contributed by atoms with E-state index < -0.39 is 11.7 Å². The summed E-state index contributed by atoms with van der Waals surface area (Å²) in [5.41, 5.74) is 2.03. The predicted octanol–water partition coefficient (Wildman–Crippen LogP) is 4.36. The number of rotatable bonds is 3. The Hall–Kier alpha value is -2.34. The summed E-state index contributed by atoms with van der Waals surface area (Å²) in [5.74, 6) is 0.0337.